The van der Waals surface area contributed by atoms with Gasteiger partial charge in [0.25, 0.3) is 0 Å². The van der Waals surface area contributed by atoms with Crippen molar-refractivity contribution in [1.29, 1.82) is 0 Å². The second kappa shape index (κ2) is 39.1. The number of hydrogen-bond donors (Lipinski definition) is 2. The van der Waals surface area contributed by atoms with E-state index in [4.69, 9.17) is 34.2 Å². The Hall–Kier alpha value is -4.10. The normalized spacial score (nSPS) is 10.3. The summed E-state index contributed by atoms with van der Waals surface area (Å²) in [5.74, 6) is 0.965. The number of ether oxygens (including phenoxy) is 5. The molecule has 3 rings (SSSR count). The van der Waals surface area contributed by atoms with E-state index in [-0.39, 0.29) is 11.7 Å². The van der Waals surface area contributed by atoms with E-state index in [1.807, 2.05) is 34.6 Å². The molecule has 0 aromatic heterocycles. The van der Waals surface area contributed by atoms with Crippen LogP contribution in [0.2, 0.25) is 0 Å². The molecule has 316 valence electrons. The highest BCUT2D eigenvalue weighted by molar-refractivity contribution is 6.00. The molecule has 0 heterocycles. The topological polar surface area (TPSA) is 139 Å². The molecule has 2 N–H and O–H groups in total. The molecular weight excluding hydrogens is 716 g/mol. The van der Waals surface area contributed by atoms with Crippen LogP contribution >= 0.6 is 0 Å². The second-order valence-corrected chi connectivity index (χ2v) is 11.6. The van der Waals surface area contributed by atoms with Gasteiger partial charge in [0.2, 0.25) is 0 Å². The number of unbranched alkanes of at least 4 members (excludes halogenated alkanes) is 5. The lowest BCUT2D eigenvalue weighted by molar-refractivity contribution is -0.242. The van der Waals surface area contributed by atoms with Crippen molar-refractivity contribution >= 4 is 11.8 Å². The zero-order chi connectivity index (χ0) is 42.2. The van der Waals surface area contributed by atoms with Crippen LogP contribution in [0.5, 0.6) is 17.2 Å². The highest BCUT2D eigenvalue weighted by Crippen LogP contribution is 2.25. The van der Waals surface area contributed by atoms with Crippen molar-refractivity contribution in [3.8, 4) is 17.2 Å². The number of benzene rings is 3. The SMILES string of the molecule is C=CCOCOCCC.CC.CC.CCCCCOO.COc1ccc(C(=O)Oc2ccc(C(C)C(=O)c3ccc(OCCCCCCOO)cc3)cc2)cc1. The molecule has 0 aliphatic carbocycles. The fourth-order valence-electron chi connectivity index (χ4n) is 4.46. The van der Waals surface area contributed by atoms with Crippen LogP contribution in [0.3, 0.4) is 0 Å². The van der Waals surface area contributed by atoms with E-state index in [1.165, 1.54) is 6.42 Å². The van der Waals surface area contributed by atoms with Crippen LogP contribution in [0.4, 0.5) is 0 Å². The molecule has 0 saturated carbocycles. The van der Waals surface area contributed by atoms with Crippen LogP contribution in [0.15, 0.2) is 85.5 Å². The fraction of sp³-hybridized carbons (Fsp3) is 0.511. The fourth-order valence-corrected chi connectivity index (χ4v) is 4.46. The number of ketones is 1. The van der Waals surface area contributed by atoms with E-state index in [2.05, 4.69) is 30.2 Å². The molecule has 1 atom stereocenters. The lowest BCUT2D eigenvalue weighted by Crippen LogP contribution is -2.11. The van der Waals surface area contributed by atoms with E-state index in [0.717, 1.165) is 62.9 Å². The van der Waals surface area contributed by atoms with E-state index in [1.54, 1.807) is 86.0 Å². The molecule has 3 aromatic carbocycles. The van der Waals surface area contributed by atoms with Gasteiger partial charge in [0.1, 0.15) is 24.0 Å². The van der Waals surface area contributed by atoms with Gasteiger partial charge >= 0.3 is 5.97 Å². The number of hydrogen-bond acceptors (Lipinski definition) is 11. The van der Waals surface area contributed by atoms with Crippen molar-refractivity contribution in [2.75, 3.05) is 46.9 Å². The Morgan fingerprint density at radius 1 is 0.643 bits per heavy atom. The molecule has 3 aromatic rings. The molecule has 0 fully saturated rings. The standard InChI is InChI=1S/C29H32O7.C7H14O2.C5H12O2.2C2H6/c1-21(28(30)23-9-15-26(16-10-23)34-19-5-3-4-6-20-35-32)22-7-17-27(18-8-22)36-29(31)24-11-13-25(33-2)14-12-24;1-3-5-8-7-9-6-4-2;1-2-3-4-5-7-6;2*1-2/h7-18,21,32H,3-6,19-20H2,1-2H3;3H,1,4-7H2,2H3;6H,2-5H2,1H3;2*1-2H3. The summed E-state index contributed by atoms with van der Waals surface area (Å²) in [6.07, 6.45) is 9.72. The summed E-state index contributed by atoms with van der Waals surface area (Å²) in [5.41, 5.74) is 1.86. The Morgan fingerprint density at radius 2 is 1.16 bits per heavy atom. The lowest BCUT2D eigenvalue weighted by Gasteiger charge is -2.13. The Balaban J connectivity index is 0. The first-order chi connectivity index (χ1) is 27.3. The highest BCUT2D eigenvalue weighted by atomic mass is 17.1. The number of rotatable bonds is 24. The van der Waals surface area contributed by atoms with Gasteiger partial charge in [-0.05, 0) is 98.3 Å². The number of carbonyl (C=O) groups excluding carboxylic acids is 2. The van der Waals surface area contributed by atoms with Crippen LogP contribution in [0.1, 0.15) is 132 Å². The first-order valence-corrected chi connectivity index (χ1v) is 19.9. The summed E-state index contributed by atoms with van der Waals surface area (Å²) in [6, 6.07) is 20.8. The second-order valence-electron chi connectivity index (χ2n) is 11.6. The molecule has 11 nitrogen and oxygen atoms in total. The van der Waals surface area contributed by atoms with Crippen molar-refractivity contribution in [2.45, 2.75) is 106 Å². The third-order valence-electron chi connectivity index (χ3n) is 7.44. The summed E-state index contributed by atoms with van der Waals surface area (Å²) >= 11 is 0. The summed E-state index contributed by atoms with van der Waals surface area (Å²) < 4.78 is 26.2. The zero-order valence-electron chi connectivity index (χ0n) is 35.3. The van der Waals surface area contributed by atoms with Gasteiger partial charge in [-0.25, -0.2) is 14.6 Å². The molecule has 0 radical (unpaired) electrons. The summed E-state index contributed by atoms with van der Waals surface area (Å²) in [4.78, 5) is 33.2. The quantitative estimate of drug-likeness (QED) is 0.0131. The predicted octanol–water partition coefficient (Wildman–Crippen LogP) is 11.6. The summed E-state index contributed by atoms with van der Waals surface area (Å²) in [5, 5.41) is 16.1. The average molecular weight is 787 g/mol. The smallest absolute Gasteiger partial charge is 0.343 e. The molecule has 0 spiro atoms. The van der Waals surface area contributed by atoms with E-state index >= 15 is 0 Å². The molecule has 0 aliphatic rings. The third-order valence-corrected chi connectivity index (χ3v) is 7.44. The van der Waals surface area contributed by atoms with Crippen molar-refractivity contribution in [2.24, 2.45) is 0 Å². The molecule has 11 heteroatoms. The Bertz CT molecular complexity index is 1320. The maximum absolute atomic E-state index is 13.0. The average Bonchev–Trinajstić information content (AvgIpc) is 3.25. The summed E-state index contributed by atoms with van der Waals surface area (Å²) in [6.45, 7) is 20.7. The van der Waals surface area contributed by atoms with Crippen molar-refractivity contribution in [1.82, 2.24) is 0 Å². The van der Waals surface area contributed by atoms with E-state index in [0.29, 0.717) is 55.8 Å². The van der Waals surface area contributed by atoms with Gasteiger partial charge in [-0.1, -0.05) is 85.9 Å². The number of methoxy groups -OCH3 is 1. The minimum Gasteiger partial charge on any atom is -0.497 e. The molecule has 1 unspecified atom stereocenters. The minimum atomic E-state index is -0.465. The third kappa shape index (κ3) is 26.7. The Labute approximate surface area is 336 Å². The van der Waals surface area contributed by atoms with Crippen LogP contribution < -0.4 is 14.2 Å². The van der Waals surface area contributed by atoms with Crippen molar-refractivity contribution in [3.63, 3.8) is 0 Å². The van der Waals surface area contributed by atoms with Gasteiger partial charge in [0, 0.05) is 18.1 Å². The first kappa shape index (κ1) is 54.0. The Morgan fingerprint density at radius 3 is 1.68 bits per heavy atom. The number of Topliss-reactive ketones (excluding diaryl/α,β-unsaturated/α-hetero) is 1. The lowest BCUT2D eigenvalue weighted by atomic mass is 9.92. The molecule has 0 saturated heterocycles. The van der Waals surface area contributed by atoms with E-state index < -0.39 is 5.97 Å². The first-order valence-electron chi connectivity index (χ1n) is 19.9. The number of esters is 1. The van der Waals surface area contributed by atoms with Crippen LogP contribution in [0, 0.1) is 0 Å². The van der Waals surface area contributed by atoms with Crippen LogP contribution in [-0.4, -0.2) is 69.2 Å². The van der Waals surface area contributed by atoms with Gasteiger partial charge in [-0.15, -0.1) is 6.58 Å². The summed E-state index contributed by atoms with van der Waals surface area (Å²) in [7, 11) is 1.56. The molecule has 56 heavy (non-hydrogen) atoms. The van der Waals surface area contributed by atoms with Gasteiger partial charge in [-0.2, -0.15) is 0 Å². The molecule has 0 amide bonds. The van der Waals surface area contributed by atoms with Crippen LogP contribution in [0.25, 0.3) is 0 Å². The monoisotopic (exact) mass is 786 g/mol. The number of carbonyl (C=O) groups is 2. The largest absolute Gasteiger partial charge is 0.497 e. The molecule has 0 aliphatic heterocycles. The van der Waals surface area contributed by atoms with Gasteiger partial charge in [0.05, 0.1) is 39.1 Å². The molecule has 0 bridgehead atoms. The van der Waals surface area contributed by atoms with Crippen LogP contribution in [-0.2, 0) is 19.2 Å². The Kier molecular flexibility index (Phi) is 37.7. The van der Waals surface area contributed by atoms with Gasteiger partial charge < -0.3 is 23.7 Å². The maximum atomic E-state index is 13.0. The van der Waals surface area contributed by atoms with Gasteiger partial charge in [0.15, 0.2) is 5.78 Å². The zero-order valence-corrected chi connectivity index (χ0v) is 35.3. The minimum absolute atomic E-state index is 0.00405. The maximum Gasteiger partial charge on any atom is 0.343 e. The van der Waals surface area contributed by atoms with Crippen molar-refractivity contribution < 1.29 is 53.6 Å². The molecular formula is C45H70O11. The van der Waals surface area contributed by atoms with E-state index in [9.17, 15) is 9.59 Å². The van der Waals surface area contributed by atoms with Crippen molar-refractivity contribution in [3.05, 3.63) is 102 Å². The predicted molar refractivity (Wildman–Crippen MR) is 224 cm³/mol. The van der Waals surface area contributed by atoms with Gasteiger partial charge in [-0.3, -0.25) is 15.3 Å². The highest BCUT2D eigenvalue weighted by Gasteiger charge is 2.18.